The Balaban J connectivity index is 2.69. The van der Waals surface area contributed by atoms with Crippen molar-refractivity contribution in [3.05, 3.63) is 16.1 Å². The number of hydrogen-bond donors (Lipinski definition) is 1. The Hall–Kier alpha value is -0.410. The van der Waals surface area contributed by atoms with E-state index in [1.165, 1.54) is 24.3 Å². The summed E-state index contributed by atoms with van der Waals surface area (Å²) in [6.45, 7) is 11.0. The molecule has 0 aromatic carbocycles. The van der Waals surface area contributed by atoms with Crippen molar-refractivity contribution in [3.8, 4) is 0 Å². The van der Waals surface area contributed by atoms with Gasteiger partial charge in [-0.3, -0.25) is 0 Å². The van der Waals surface area contributed by atoms with Gasteiger partial charge in [0.05, 0.1) is 5.54 Å². The number of nitrogens with zero attached hydrogens (tertiary/aromatic N) is 1. The smallest absolute Gasteiger partial charge is 0.112 e. The van der Waals surface area contributed by atoms with Gasteiger partial charge in [0.2, 0.25) is 0 Å². The first-order chi connectivity index (χ1) is 7.49. The molecule has 0 aliphatic carbocycles. The zero-order chi connectivity index (χ0) is 12.2. The highest BCUT2D eigenvalue weighted by Gasteiger charge is 2.25. The van der Waals surface area contributed by atoms with Crippen molar-refractivity contribution in [2.45, 2.75) is 65.5 Å². The summed E-state index contributed by atoms with van der Waals surface area (Å²) < 4.78 is 0. The Morgan fingerprint density at radius 1 is 1.44 bits per heavy atom. The van der Waals surface area contributed by atoms with Crippen molar-refractivity contribution in [1.29, 1.82) is 0 Å². The summed E-state index contributed by atoms with van der Waals surface area (Å²) in [5.41, 5.74) is 1.12. The molecule has 0 spiro atoms. The van der Waals surface area contributed by atoms with Crippen molar-refractivity contribution in [1.82, 2.24) is 10.3 Å². The molecule has 92 valence electrons. The lowest BCUT2D eigenvalue weighted by molar-refractivity contribution is 0.319. The summed E-state index contributed by atoms with van der Waals surface area (Å²) in [4.78, 5) is 4.59. The van der Waals surface area contributed by atoms with Crippen molar-refractivity contribution in [3.63, 3.8) is 0 Å². The summed E-state index contributed by atoms with van der Waals surface area (Å²) in [7, 11) is 0. The molecule has 0 aliphatic rings. The molecule has 0 radical (unpaired) electrons. The average molecular weight is 240 g/mol. The zero-order valence-electron chi connectivity index (χ0n) is 11.1. The van der Waals surface area contributed by atoms with E-state index in [0.717, 1.165) is 5.69 Å². The van der Waals surface area contributed by atoms with Gasteiger partial charge in [-0.15, -0.1) is 11.3 Å². The molecule has 1 aromatic rings. The van der Waals surface area contributed by atoms with Crippen molar-refractivity contribution < 1.29 is 0 Å². The molecule has 0 saturated heterocycles. The SMILES string of the molecule is CCCC(CC)NC(C)(C)c1nc(C)cs1. The molecule has 16 heavy (non-hydrogen) atoms. The number of thiazole rings is 1. The van der Waals surface area contributed by atoms with Crippen LogP contribution in [-0.2, 0) is 5.54 Å². The fourth-order valence-electron chi connectivity index (χ4n) is 1.94. The van der Waals surface area contributed by atoms with E-state index < -0.39 is 0 Å². The topological polar surface area (TPSA) is 24.9 Å². The Kier molecular flexibility index (Phi) is 4.93. The van der Waals surface area contributed by atoms with Crippen LogP contribution in [0.5, 0.6) is 0 Å². The van der Waals surface area contributed by atoms with E-state index in [2.05, 4.69) is 50.3 Å². The van der Waals surface area contributed by atoms with Crippen LogP contribution in [0, 0.1) is 6.92 Å². The number of rotatable bonds is 6. The van der Waals surface area contributed by atoms with Gasteiger partial charge in [0.25, 0.3) is 0 Å². The first-order valence-corrected chi connectivity index (χ1v) is 7.07. The van der Waals surface area contributed by atoms with Gasteiger partial charge in [0.15, 0.2) is 0 Å². The van der Waals surface area contributed by atoms with Crippen LogP contribution in [0.15, 0.2) is 5.38 Å². The highest BCUT2D eigenvalue weighted by molar-refractivity contribution is 7.09. The standard InChI is InChI=1S/C13H24N2S/c1-6-8-11(7-2)15-13(4,5)12-14-10(3)9-16-12/h9,11,15H,6-8H2,1-5H3. The van der Waals surface area contributed by atoms with Crippen molar-refractivity contribution >= 4 is 11.3 Å². The Morgan fingerprint density at radius 2 is 2.12 bits per heavy atom. The summed E-state index contributed by atoms with van der Waals surface area (Å²) in [6, 6.07) is 0.601. The van der Waals surface area contributed by atoms with Crippen LogP contribution in [-0.4, -0.2) is 11.0 Å². The molecule has 0 bridgehead atoms. The van der Waals surface area contributed by atoms with E-state index in [1.54, 1.807) is 11.3 Å². The molecule has 0 aliphatic heterocycles. The van der Waals surface area contributed by atoms with E-state index in [1.807, 2.05) is 0 Å². The highest BCUT2D eigenvalue weighted by atomic mass is 32.1. The van der Waals surface area contributed by atoms with Crippen LogP contribution in [0.3, 0.4) is 0 Å². The molecule has 1 heterocycles. The third-order valence-electron chi connectivity index (χ3n) is 2.85. The number of aryl methyl sites for hydroxylation is 1. The number of nitrogens with one attached hydrogen (secondary N) is 1. The third-order valence-corrected chi connectivity index (χ3v) is 4.13. The maximum Gasteiger partial charge on any atom is 0.112 e. The van der Waals surface area contributed by atoms with Crippen molar-refractivity contribution in [2.75, 3.05) is 0 Å². The van der Waals surface area contributed by atoms with Crippen LogP contribution < -0.4 is 5.32 Å². The molecule has 0 saturated carbocycles. The van der Waals surface area contributed by atoms with Crippen LogP contribution in [0.25, 0.3) is 0 Å². The first-order valence-electron chi connectivity index (χ1n) is 6.20. The van der Waals surface area contributed by atoms with Crippen molar-refractivity contribution in [2.24, 2.45) is 0 Å². The predicted molar refractivity (Wildman–Crippen MR) is 72.0 cm³/mol. The second kappa shape index (κ2) is 5.78. The van der Waals surface area contributed by atoms with Gasteiger partial charge >= 0.3 is 0 Å². The monoisotopic (exact) mass is 240 g/mol. The fourth-order valence-corrected chi connectivity index (χ4v) is 2.83. The zero-order valence-corrected chi connectivity index (χ0v) is 11.9. The van der Waals surface area contributed by atoms with Gasteiger partial charge in [-0.05, 0) is 33.6 Å². The van der Waals surface area contributed by atoms with E-state index in [9.17, 15) is 0 Å². The van der Waals surface area contributed by atoms with E-state index >= 15 is 0 Å². The molecule has 2 nitrogen and oxygen atoms in total. The second-order valence-electron chi connectivity index (χ2n) is 4.96. The largest absolute Gasteiger partial charge is 0.303 e. The van der Waals surface area contributed by atoms with E-state index in [4.69, 9.17) is 0 Å². The molecule has 3 heteroatoms. The lowest BCUT2D eigenvalue weighted by atomic mass is 10.0. The predicted octanol–water partition coefficient (Wildman–Crippen LogP) is 3.85. The average Bonchev–Trinajstić information content (AvgIpc) is 2.64. The minimum absolute atomic E-state index is 0.00519. The number of hydrogen-bond acceptors (Lipinski definition) is 3. The lowest BCUT2D eigenvalue weighted by Crippen LogP contribution is -2.43. The van der Waals surface area contributed by atoms with Gasteiger partial charge in [0, 0.05) is 17.1 Å². The molecule has 1 unspecified atom stereocenters. The summed E-state index contributed by atoms with van der Waals surface area (Å²) >= 11 is 1.75. The Morgan fingerprint density at radius 3 is 2.56 bits per heavy atom. The van der Waals surface area contributed by atoms with Gasteiger partial charge in [-0.1, -0.05) is 20.3 Å². The summed E-state index contributed by atoms with van der Waals surface area (Å²) in [6.07, 6.45) is 3.66. The van der Waals surface area contributed by atoms with Crippen LogP contribution in [0.4, 0.5) is 0 Å². The molecule has 1 N–H and O–H groups in total. The molecule has 0 amide bonds. The number of aromatic nitrogens is 1. The minimum Gasteiger partial charge on any atom is -0.303 e. The fraction of sp³-hybridized carbons (Fsp3) is 0.769. The van der Waals surface area contributed by atoms with Gasteiger partial charge < -0.3 is 5.32 Å². The lowest BCUT2D eigenvalue weighted by Gasteiger charge is -2.29. The maximum atomic E-state index is 4.59. The Labute approximate surface area is 103 Å². The Bertz CT molecular complexity index is 317. The third kappa shape index (κ3) is 3.56. The summed E-state index contributed by atoms with van der Waals surface area (Å²) in [5, 5.41) is 7.04. The molecule has 1 atom stereocenters. The summed E-state index contributed by atoms with van der Waals surface area (Å²) in [5.74, 6) is 0. The molecule has 1 aromatic heterocycles. The van der Waals surface area contributed by atoms with Gasteiger partial charge in [0.1, 0.15) is 5.01 Å². The minimum atomic E-state index is -0.00519. The van der Waals surface area contributed by atoms with Gasteiger partial charge in [-0.2, -0.15) is 0 Å². The molecular weight excluding hydrogens is 216 g/mol. The van der Waals surface area contributed by atoms with Gasteiger partial charge in [-0.25, -0.2) is 4.98 Å². The quantitative estimate of drug-likeness (QED) is 0.817. The molecule has 0 fully saturated rings. The molecular formula is C13H24N2S. The van der Waals surface area contributed by atoms with E-state index in [-0.39, 0.29) is 5.54 Å². The normalized spacial score (nSPS) is 14.1. The molecule has 1 rings (SSSR count). The van der Waals surface area contributed by atoms with Crippen LogP contribution in [0.2, 0.25) is 0 Å². The van der Waals surface area contributed by atoms with E-state index in [0.29, 0.717) is 6.04 Å². The van der Waals surface area contributed by atoms with Crippen LogP contribution in [0.1, 0.15) is 57.7 Å². The van der Waals surface area contributed by atoms with Crippen LogP contribution >= 0.6 is 11.3 Å². The second-order valence-corrected chi connectivity index (χ2v) is 5.82. The maximum absolute atomic E-state index is 4.59. The first kappa shape index (κ1) is 13.7. The highest BCUT2D eigenvalue weighted by Crippen LogP contribution is 2.25.